The molecule has 5 nitrogen and oxygen atoms in total. The van der Waals surface area contributed by atoms with Crippen LogP contribution in [0.5, 0.6) is 0 Å². The molecule has 2 amide bonds. The van der Waals surface area contributed by atoms with Crippen LogP contribution in [0.4, 0.5) is 16.2 Å². The van der Waals surface area contributed by atoms with Crippen LogP contribution >= 0.6 is 0 Å². The first kappa shape index (κ1) is 13.0. The van der Waals surface area contributed by atoms with Crippen molar-refractivity contribution < 1.29 is 4.79 Å². The topological polar surface area (TPSA) is 82.2 Å². The first-order chi connectivity index (χ1) is 10.2. The number of carbonyl (C=O) groups is 1. The first-order valence-electron chi connectivity index (χ1n) is 6.59. The monoisotopic (exact) mass is 278 g/mol. The molecule has 2 aromatic carbocycles. The molecule has 0 aromatic heterocycles. The Labute approximate surface area is 122 Å². The quantitative estimate of drug-likeness (QED) is 0.787. The molecule has 0 fully saturated rings. The molecular weight excluding hydrogens is 264 g/mol. The van der Waals surface area contributed by atoms with Gasteiger partial charge in [-0.3, -0.25) is 0 Å². The summed E-state index contributed by atoms with van der Waals surface area (Å²) in [6.45, 7) is 1.11. The van der Waals surface area contributed by atoms with Crippen LogP contribution in [0.3, 0.4) is 0 Å². The molecule has 5 heteroatoms. The number of anilines is 2. The fourth-order valence-corrected chi connectivity index (χ4v) is 2.43. The smallest absolute Gasteiger partial charge is 0.322 e. The third-order valence-electron chi connectivity index (χ3n) is 3.48. The lowest BCUT2D eigenvalue weighted by Gasteiger charge is -2.16. The van der Waals surface area contributed by atoms with Crippen molar-refractivity contribution in [1.29, 1.82) is 5.26 Å². The van der Waals surface area contributed by atoms with Gasteiger partial charge in [-0.1, -0.05) is 12.1 Å². The number of rotatable bonds is 1. The van der Waals surface area contributed by atoms with E-state index >= 15 is 0 Å². The van der Waals surface area contributed by atoms with Crippen molar-refractivity contribution in [3.8, 4) is 6.07 Å². The number of hydrogen-bond donors (Lipinski definition) is 2. The van der Waals surface area contributed by atoms with E-state index in [1.165, 1.54) is 0 Å². The Balaban J connectivity index is 1.72. The van der Waals surface area contributed by atoms with Crippen molar-refractivity contribution in [1.82, 2.24) is 4.90 Å². The van der Waals surface area contributed by atoms with Gasteiger partial charge in [-0.25, -0.2) is 4.79 Å². The van der Waals surface area contributed by atoms with E-state index in [-0.39, 0.29) is 6.03 Å². The second-order valence-corrected chi connectivity index (χ2v) is 5.01. The molecule has 0 radical (unpaired) electrons. The van der Waals surface area contributed by atoms with Gasteiger partial charge in [-0.05, 0) is 41.5 Å². The van der Waals surface area contributed by atoms with Crippen LogP contribution < -0.4 is 11.1 Å². The third-order valence-corrected chi connectivity index (χ3v) is 3.48. The highest BCUT2D eigenvalue weighted by atomic mass is 16.2. The van der Waals surface area contributed by atoms with Crippen LogP contribution in [-0.2, 0) is 13.1 Å². The fraction of sp³-hybridized carbons (Fsp3) is 0.125. The van der Waals surface area contributed by atoms with Crippen molar-refractivity contribution >= 4 is 17.4 Å². The van der Waals surface area contributed by atoms with Gasteiger partial charge in [0.2, 0.25) is 0 Å². The first-order valence-corrected chi connectivity index (χ1v) is 6.59. The number of amides is 2. The number of fused-ring (bicyclic) bond motifs is 1. The number of urea groups is 1. The Morgan fingerprint density at radius 1 is 1.19 bits per heavy atom. The Morgan fingerprint density at radius 2 is 2.00 bits per heavy atom. The molecule has 0 saturated heterocycles. The fourth-order valence-electron chi connectivity index (χ4n) is 2.43. The Bertz CT molecular complexity index is 748. The van der Waals surface area contributed by atoms with Crippen molar-refractivity contribution in [3.05, 3.63) is 59.2 Å². The van der Waals surface area contributed by atoms with E-state index in [4.69, 9.17) is 11.0 Å². The van der Waals surface area contributed by atoms with E-state index < -0.39 is 0 Å². The van der Waals surface area contributed by atoms with E-state index in [2.05, 4.69) is 11.4 Å². The number of nitriles is 1. The Kier molecular flexibility index (Phi) is 3.20. The zero-order valence-electron chi connectivity index (χ0n) is 11.3. The minimum absolute atomic E-state index is 0.181. The van der Waals surface area contributed by atoms with Crippen molar-refractivity contribution in [2.24, 2.45) is 0 Å². The van der Waals surface area contributed by atoms with Gasteiger partial charge < -0.3 is 16.0 Å². The molecule has 1 aliphatic rings. The lowest BCUT2D eigenvalue weighted by molar-refractivity contribution is 0.212. The highest BCUT2D eigenvalue weighted by Gasteiger charge is 2.23. The summed E-state index contributed by atoms with van der Waals surface area (Å²) in [5, 5.41) is 11.7. The van der Waals surface area contributed by atoms with E-state index in [0.29, 0.717) is 30.0 Å². The maximum Gasteiger partial charge on any atom is 0.322 e. The molecule has 104 valence electrons. The number of nitrogens with zero attached hydrogens (tertiary/aromatic N) is 2. The molecule has 0 aliphatic carbocycles. The minimum atomic E-state index is -0.181. The summed E-state index contributed by atoms with van der Waals surface area (Å²) in [6.07, 6.45) is 0. The molecule has 21 heavy (non-hydrogen) atoms. The summed E-state index contributed by atoms with van der Waals surface area (Å²) in [5.41, 5.74) is 9.80. The number of benzene rings is 2. The third kappa shape index (κ3) is 2.65. The van der Waals surface area contributed by atoms with E-state index in [1.807, 2.05) is 18.2 Å². The second kappa shape index (κ2) is 5.17. The molecule has 0 unspecified atom stereocenters. The summed E-state index contributed by atoms with van der Waals surface area (Å²) in [4.78, 5) is 14.0. The number of nitrogens with one attached hydrogen (secondary N) is 1. The molecule has 2 aromatic rings. The SMILES string of the molecule is N#Cc1cccc(NC(=O)N2Cc3ccc(N)cc3C2)c1. The van der Waals surface area contributed by atoms with E-state index in [1.54, 1.807) is 29.2 Å². The van der Waals surface area contributed by atoms with Gasteiger partial charge in [-0.2, -0.15) is 5.26 Å². The van der Waals surface area contributed by atoms with Crippen LogP contribution in [0.25, 0.3) is 0 Å². The lowest BCUT2D eigenvalue weighted by atomic mass is 10.1. The molecule has 1 heterocycles. The zero-order chi connectivity index (χ0) is 14.8. The normalized spacial score (nSPS) is 12.6. The predicted molar refractivity (Wildman–Crippen MR) is 80.3 cm³/mol. The van der Waals surface area contributed by atoms with Gasteiger partial charge in [0.05, 0.1) is 11.6 Å². The van der Waals surface area contributed by atoms with Crippen LogP contribution in [0.15, 0.2) is 42.5 Å². The summed E-state index contributed by atoms with van der Waals surface area (Å²) >= 11 is 0. The molecule has 0 atom stereocenters. The summed E-state index contributed by atoms with van der Waals surface area (Å²) in [7, 11) is 0. The molecule has 0 saturated carbocycles. The van der Waals surface area contributed by atoms with Gasteiger partial charge in [0.1, 0.15) is 0 Å². The molecule has 0 spiro atoms. The molecule has 1 aliphatic heterocycles. The molecular formula is C16H14N4O. The van der Waals surface area contributed by atoms with Gasteiger partial charge in [0.25, 0.3) is 0 Å². The number of hydrogen-bond acceptors (Lipinski definition) is 3. The standard InChI is InChI=1S/C16H14N4O/c17-8-11-2-1-3-15(6-11)19-16(21)20-9-12-4-5-14(18)7-13(12)10-20/h1-7H,9-10,18H2,(H,19,21). The number of carbonyl (C=O) groups excluding carboxylic acids is 1. The van der Waals surface area contributed by atoms with E-state index in [0.717, 1.165) is 11.1 Å². The van der Waals surface area contributed by atoms with Crippen LogP contribution in [-0.4, -0.2) is 10.9 Å². The molecule has 3 N–H and O–H groups in total. The number of nitrogen functional groups attached to an aromatic ring is 1. The number of nitrogens with two attached hydrogens (primary N) is 1. The van der Waals surface area contributed by atoms with Crippen molar-refractivity contribution in [2.75, 3.05) is 11.1 Å². The predicted octanol–water partition coefficient (Wildman–Crippen LogP) is 2.69. The van der Waals surface area contributed by atoms with Crippen LogP contribution in [0, 0.1) is 11.3 Å². The average molecular weight is 278 g/mol. The van der Waals surface area contributed by atoms with Crippen molar-refractivity contribution in [3.63, 3.8) is 0 Å². The van der Waals surface area contributed by atoms with Gasteiger partial charge >= 0.3 is 6.03 Å². The zero-order valence-corrected chi connectivity index (χ0v) is 11.3. The summed E-state index contributed by atoms with van der Waals surface area (Å²) in [5.74, 6) is 0. The molecule has 0 bridgehead atoms. The van der Waals surface area contributed by atoms with Crippen molar-refractivity contribution in [2.45, 2.75) is 13.1 Å². The van der Waals surface area contributed by atoms with Crippen LogP contribution in [0.1, 0.15) is 16.7 Å². The Hall–Kier alpha value is -3.00. The largest absolute Gasteiger partial charge is 0.399 e. The van der Waals surface area contributed by atoms with Gasteiger partial charge in [0.15, 0.2) is 0 Å². The van der Waals surface area contributed by atoms with Gasteiger partial charge in [0, 0.05) is 24.5 Å². The maximum atomic E-state index is 12.3. The average Bonchev–Trinajstić information content (AvgIpc) is 2.90. The summed E-state index contributed by atoms with van der Waals surface area (Å²) in [6, 6.07) is 14.4. The van der Waals surface area contributed by atoms with Gasteiger partial charge in [-0.15, -0.1) is 0 Å². The van der Waals surface area contributed by atoms with E-state index in [9.17, 15) is 4.79 Å². The lowest BCUT2D eigenvalue weighted by Crippen LogP contribution is -2.30. The minimum Gasteiger partial charge on any atom is -0.399 e. The summed E-state index contributed by atoms with van der Waals surface area (Å²) < 4.78 is 0. The molecule has 3 rings (SSSR count). The second-order valence-electron chi connectivity index (χ2n) is 5.01. The maximum absolute atomic E-state index is 12.3. The van der Waals surface area contributed by atoms with Crippen LogP contribution in [0.2, 0.25) is 0 Å². The Morgan fingerprint density at radius 3 is 2.81 bits per heavy atom. The highest BCUT2D eigenvalue weighted by Crippen LogP contribution is 2.25. The highest BCUT2D eigenvalue weighted by molar-refractivity contribution is 5.89.